The Morgan fingerprint density at radius 1 is 0.935 bits per heavy atom. The van der Waals surface area contributed by atoms with Crippen molar-refractivity contribution in [2.75, 3.05) is 20.8 Å². The summed E-state index contributed by atoms with van der Waals surface area (Å²) in [5.41, 5.74) is 2.58. The van der Waals surface area contributed by atoms with E-state index in [0.29, 0.717) is 49.1 Å². The van der Waals surface area contributed by atoms with Crippen LogP contribution >= 0.6 is 0 Å². The van der Waals surface area contributed by atoms with Crippen LogP contribution in [0.5, 0.6) is 23.0 Å². The van der Waals surface area contributed by atoms with Gasteiger partial charge in [-0.25, -0.2) is 4.39 Å². The molecule has 0 radical (unpaired) electrons. The molecule has 0 fully saturated rings. The maximum Gasteiger partial charge on any atom is 0.164 e. The predicted molar refractivity (Wildman–Crippen MR) is 116 cm³/mol. The number of rotatable bonds is 6. The predicted octanol–water partition coefficient (Wildman–Crippen LogP) is 5.07. The summed E-state index contributed by atoms with van der Waals surface area (Å²) < 4.78 is 31.0. The average molecular weight is 423 g/mol. The summed E-state index contributed by atoms with van der Waals surface area (Å²) in [4.78, 5) is 2.18. The molecule has 0 saturated heterocycles. The number of hydrogen-bond donors (Lipinski definition) is 1. The van der Waals surface area contributed by atoms with E-state index in [-0.39, 0.29) is 5.82 Å². The van der Waals surface area contributed by atoms with Crippen LogP contribution in [0.2, 0.25) is 0 Å². The highest BCUT2D eigenvalue weighted by atomic mass is 19.1. The molecule has 1 N–H and O–H groups in total. The average Bonchev–Trinajstić information content (AvgIpc) is 2.78. The van der Waals surface area contributed by atoms with Crippen LogP contribution in [0.3, 0.4) is 0 Å². The zero-order valence-corrected chi connectivity index (χ0v) is 17.7. The zero-order valence-electron chi connectivity index (χ0n) is 17.7. The number of aliphatic hydroxyl groups is 1. The molecule has 162 valence electrons. The summed E-state index contributed by atoms with van der Waals surface area (Å²) in [6, 6.07) is 17.8. The van der Waals surface area contributed by atoms with Gasteiger partial charge in [0.15, 0.2) is 11.5 Å². The Morgan fingerprint density at radius 3 is 2.32 bits per heavy atom. The first-order valence-corrected chi connectivity index (χ1v) is 10.2. The molecular weight excluding hydrogens is 397 g/mol. The Hall–Kier alpha value is -3.09. The highest BCUT2D eigenvalue weighted by molar-refractivity contribution is 5.53. The molecule has 6 heteroatoms. The number of aliphatic hydroxyl groups excluding tert-OH is 1. The third-order valence-corrected chi connectivity index (χ3v) is 5.50. The van der Waals surface area contributed by atoms with Crippen LogP contribution in [-0.4, -0.2) is 30.8 Å². The summed E-state index contributed by atoms with van der Waals surface area (Å²) in [6.07, 6.45) is -0.0160. The lowest BCUT2D eigenvalue weighted by Gasteiger charge is -2.29. The van der Waals surface area contributed by atoms with Gasteiger partial charge in [-0.05, 0) is 36.2 Å². The van der Waals surface area contributed by atoms with E-state index in [1.165, 1.54) is 12.1 Å². The first-order valence-electron chi connectivity index (χ1n) is 10.2. The molecule has 1 atom stereocenters. The fourth-order valence-corrected chi connectivity index (χ4v) is 3.85. The molecule has 0 aromatic heterocycles. The van der Waals surface area contributed by atoms with Gasteiger partial charge in [-0.1, -0.05) is 30.3 Å². The highest BCUT2D eigenvalue weighted by Crippen LogP contribution is 2.40. The molecular formula is C25H26FNO4. The Morgan fingerprint density at radius 2 is 1.61 bits per heavy atom. The summed E-state index contributed by atoms with van der Waals surface area (Å²) in [5, 5.41) is 10.6. The second-order valence-electron chi connectivity index (χ2n) is 7.59. The number of hydrogen-bond acceptors (Lipinski definition) is 5. The number of fused-ring (bicyclic) bond motifs is 2. The van der Waals surface area contributed by atoms with E-state index in [2.05, 4.69) is 4.90 Å². The van der Waals surface area contributed by atoms with Crippen LogP contribution in [0.15, 0.2) is 60.7 Å². The van der Waals surface area contributed by atoms with Gasteiger partial charge >= 0.3 is 0 Å². The van der Waals surface area contributed by atoms with Gasteiger partial charge in [0.1, 0.15) is 17.3 Å². The fraction of sp³-hybridized carbons (Fsp3) is 0.280. The van der Waals surface area contributed by atoms with Crippen molar-refractivity contribution in [3.8, 4) is 23.0 Å². The first-order chi connectivity index (χ1) is 15.1. The lowest BCUT2D eigenvalue weighted by atomic mass is 10.0. The van der Waals surface area contributed by atoms with Crippen molar-refractivity contribution in [1.29, 1.82) is 0 Å². The molecule has 0 saturated carbocycles. The van der Waals surface area contributed by atoms with E-state index >= 15 is 0 Å². The van der Waals surface area contributed by atoms with Crippen molar-refractivity contribution < 1.29 is 23.7 Å². The van der Waals surface area contributed by atoms with Gasteiger partial charge in [0.2, 0.25) is 0 Å². The molecule has 1 aliphatic rings. The molecule has 4 rings (SSSR count). The lowest BCUT2D eigenvalue weighted by Crippen LogP contribution is -2.27. The second kappa shape index (κ2) is 9.37. The lowest BCUT2D eigenvalue weighted by molar-refractivity contribution is 0.135. The van der Waals surface area contributed by atoms with Gasteiger partial charge in [-0.2, -0.15) is 0 Å². The monoisotopic (exact) mass is 423 g/mol. The van der Waals surface area contributed by atoms with Gasteiger partial charge in [-0.15, -0.1) is 0 Å². The number of ether oxygens (including phenoxy) is 3. The van der Waals surface area contributed by atoms with Crippen LogP contribution in [0, 0.1) is 5.82 Å². The maximum atomic E-state index is 14.0. The summed E-state index contributed by atoms with van der Waals surface area (Å²) in [7, 11) is 3.17. The minimum absolute atomic E-state index is 0.306. The standard InChI is InChI=1S/C25H26FNO4/c1-29-24-13-19-16-27(11-10-21(28)17-6-4-3-5-7-17)15-18-12-20(26)8-9-22(18)31-23(19)14-25(24)30-2/h3-9,12-14,21,28H,10-11,15-16H2,1-2H3/t21-/m0/s1. The van der Waals surface area contributed by atoms with E-state index in [1.807, 2.05) is 36.4 Å². The fourth-order valence-electron chi connectivity index (χ4n) is 3.85. The molecule has 3 aromatic carbocycles. The number of nitrogens with zero attached hydrogens (tertiary/aromatic N) is 1. The molecule has 5 nitrogen and oxygen atoms in total. The molecule has 1 aliphatic heterocycles. The molecule has 3 aromatic rings. The summed E-state index contributed by atoms with van der Waals surface area (Å²) >= 11 is 0. The van der Waals surface area contributed by atoms with Crippen LogP contribution in [0.1, 0.15) is 29.2 Å². The van der Waals surface area contributed by atoms with E-state index in [0.717, 1.165) is 16.7 Å². The van der Waals surface area contributed by atoms with E-state index in [1.54, 1.807) is 26.4 Å². The maximum absolute atomic E-state index is 14.0. The van der Waals surface area contributed by atoms with Crippen molar-refractivity contribution in [1.82, 2.24) is 4.90 Å². The molecule has 1 heterocycles. The zero-order chi connectivity index (χ0) is 21.8. The van der Waals surface area contributed by atoms with Gasteiger partial charge in [0.25, 0.3) is 0 Å². The van der Waals surface area contributed by atoms with Crippen molar-refractivity contribution in [2.45, 2.75) is 25.6 Å². The minimum atomic E-state index is -0.570. The number of halogens is 1. The van der Waals surface area contributed by atoms with Crippen molar-refractivity contribution in [3.63, 3.8) is 0 Å². The van der Waals surface area contributed by atoms with Gasteiger partial charge in [-0.3, -0.25) is 4.90 Å². The molecule has 0 aliphatic carbocycles. The summed E-state index contributed by atoms with van der Waals surface area (Å²) in [6.45, 7) is 1.69. The van der Waals surface area contributed by atoms with Crippen LogP contribution in [0.25, 0.3) is 0 Å². The third kappa shape index (κ3) is 4.81. The topological polar surface area (TPSA) is 51.2 Å². The smallest absolute Gasteiger partial charge is 0.164 e. The number of methoxy groups -OCH3 is 2. The van der Waals surface area contributed by atoms with Crippen LogP contribution in [-0.2, 0) is 13.1 Å². The summed E-state index contributed by atoms with van der Waals surface area (Å²) in [5.74, 6) is 2.12. The molecule has 0 bridgehead atoms. The second-order valence-corrected chi connectivity index (χ2v) is 7.59. The SMILES string of the molecule is COc1cc2c(cc1OC)Oc1ccc(F)cc1CN(CC[C@H](O)c1ccccc1)C2. The van der Waals surface area contributed by atoms with Crippen LogP contribution in [0.4, 0.5) is 4.39 Å². The van der Waals surface area contributed by atoms with E-state index < -0.39 is 6.10 Å². The van der Waals surface area contributed by atoms with Gasteiger partial charge in [0, 0.05) is 36.8 Å². The van der Waals surface area contributed by atoms with Crippen molar-refractivity contribution >= 4 is 0 Å². The van der Waals surface area contributed by atoms with Gasteiger partial charge in [0.05, 0.1) is 20.3 Å². The Kier molecular flexibility index (Phi) is 6.39. The van der Waals surface area contributed by atoms with E-state index in [4.69, 9.17) is 14.2 Å². The third-order valence-electron chi connectivity index (χ3n) is 5.50. The Labute approximate surface area is 181 Å². The minimum Gasteiger partial charge on any atom is -0.493 e. The Bertz CT molecular complexity index is 1040. The quantitative estimate of drug-likeness (QED) is 0.600. The molecule has 0 amide bonds. The normalized spacial score (nSPS) is 14.5. The Balaban J connectivity index is 1.64. The molecule has 31 heavy (non-hydrogen) atoms. The molecule has 0 spiro atoms. The highest BCUT2D eigenvalue weighted by Gasteiger charge is 2.22. The first kappa shape index (κ1) is 21.2. The largest absolute Gasteiger partial charge is 0.493 e. The number of benzene rings is 3. The van der Waals surface area contributed by atoms with Crippen LogP contribution < -0.4 is 14.2 Å². The van der Waals surface area contributed by atoms with Gasteiger partial charge < -0.3 is 19.3 Å². The van der Waals surface area contributed by atoms with Crippen molar-refractivity contribution in [3.05, 3.63) is 83.2 Å². The van der Waals surface area contributed by atoms with Crippen molar-refractivity contribution in [2.24, 2.45) is 0 Å². The van der Waals surface area contributed by atoms with E-state index in [9.17, 15) is 9.50 Å². The molecule has 0 unspecified atom stereocenters.